The lowest BCUT2D eigenvalue weighted by Gasteiger charge is -2.29. The van der Waals surface area contributed by atoms with Crippen molar-refractivity contribution in [3.05, 3.63) is 48.8 Å². The Labute approximate surface area is 141 Å². The number of carbonyl (C=O) groups is 1. The van der Waals surface area contributed by atoms with E-state index in [-0.39, 0.29) is 18.1 Å². The Hall–Kier alpha value is -2.40. The van der Waals surface area contributed by atoms with Crippen LogP contribution in [0.15, 0.2) is 48.8 Å². The highest BCUT2D eigenvalue weighted by molar-refractivity contribution is 5.96. The van der Waals surface area contributed by atoms with Gasteiger partial charge in [0, 0.05) is 24.1 Å². The lowest BCUT2D eigenvalue weighted by Crippen LogP contribution is -2.41. The molecule has 5 heteroatoms. The zero-order chi connectivity index (χ0) is 16.6. The summed E-state index contributed by atoms with van der Waals surface area (Å²) in [4.78, 5) is 16.7. The SMILES string of the molecule is CC1(C(=O)Nc2cccc(Oc3ccncc3)c2)CC2CCC1O2. The maximum Gasteiger partial charge on any atom is 0.233 e. The van der Waals surface area contributed by atoms with E-state index in [9.17, 15) is 4.79 Å². The molecule has 4 rings (SSSR count). The maximum atomic E-state index is 12.8. The molecule has 1 aromatic carbocycles. The number of nitrogens with zero attached hydrogens (tertiary/aromatic N) is 1. The number of fused-ring (bicyclic) bond motifs is 2. The summed E-state index contributed by atoms with van der Waals surface area (Å²) < 4.78 is 11.6. The number of hydrogen-bond acceptors (Lipinski definition) is 4. The van der Waals surface area contributed by atoms with Gasteiger partial charge in [0.1, 0.15) is 11.5 Å². The van der Waals surface area contributed by atoms with Gasteiger partial charge in [-0.05, 0) is 50.5 Å². The van der Waals surface area contributed by atoms with E-state index >= 15 is 0 Å². The minimum absolute atomic E-state index is 0.0239. The van der Waals surface area contributed by atoms with Crippen LogP contribution in [0.4, 0.5) is 5.69 Å². The normalized spacial score (nSPS) is 27.9. The summed E-state index contributed by atoms with van der Waals surface area (Å²) in [5.74, 6) is 1.41. The van der Waals surface area contributed by atoms with Crippen LogP contribution in [0.25, 0.3) is 0 Å². The first-order valence-corrected chi connectivity index (χ1v) is 8.28. The number of carbonyl (C=O) groups excluding carboxylic acids is 1. The molecule has 2 bridgehead atoms. The average Bonchev–Trinajstić information content (AvgIpc) is 3.17. The van der Waals surface area contributed by atoms with Crippen LogP contribution >= 0.6 is 0 Å². The van der Waals surface area contributed by atoms with E-state index in [1.54, 1.807) is 24.5 Å². The molecule has 24 heavy (non-hydrogen) atoms. The molecule has 2 aliphatic rings. The van der Waals surface area contributed by atoms with Gasteiger partial charge >= 0.3 is 0 Å². The molecular formula is C19H20N2O3. The predicted molar refractivity (Wildman–Crippen MR) is 90.0 cm³/mol. The Morgan fingerprint density at radius 1 is 1.25 bits per heavy atom. The molecule has 5 nitrogen and oxygen atoms in total. The summed E-state index contributed by atoms with van der Waals surface area (Å²) in [5.41, 5.74) is 0.292. The first-order valence-electron chi connectivity index (χ1n) is 8.28. The Balaban J connectivity index is 1.47. The van der Waals surface area contributed by atoms with Crippen LogP contribution in [-0.2, 0) is 9.53 Å². The molecule has 2 aliphatic heterocycles. The number of rotatable bonds is 4. The maximum absolute atomic E-state index is 12.8. The number of amides is 1. The van der Waals surface area contributed by atoms with Crippen molar-refractivity contribution in [2.24, 2.45) is 5.41 Å². The molecule has 3 heterocycles. The molecule has 1 N–H and O–H groups in total. The highest BCUT2D eigenvalue weighted by Gasteiger charge is 2.53. The predicted octanol–water partition coefficient (Wildman–Crippen LogP) is 3.77. The zero-order valence-electron chi connectivity index (χ0n) is 13.6. The van der Waals surface area contributed by atoms with E-state index in [1.165, 1.54) is 0 Å². The van der Waals surface area contributed by atoms with Crippen molar-refractivity contribution in [1.29, 1.82) is 0 Å². The van der Waals surface area contributed by atoms with Crippen LogP contribution in [0.5, 0.6) is 11.5 Å². The van der Waals surface area contributed by atoms with E-state index in [1.807, 2.05) is 31.2 Å². The van der Waals surface area contributed by atoms with Crippen LogP contribution in [0.1, 0.15) is 26.2 Å². The van der Waals surface area contributed by atoms with Crippen LogP contribution in [-0.4, -0.2) is 23.1 Å². The molecule has 1 aromatic heterocycles. The molecule has 2 saturated heterocycles. The molecule has 0 radical (unpaired) electrons. The summed E-state index contributed by atoms with van der Waals surface area (Å²) in [6, 6.07) is 11.0. The van der Waals surface area contributed by atoms with E-state index in [4.69, 9.17) is 9.47 Å². The highest BCUT2D eigenvalue weighted by Crippen LogP contribution is 2.48. The van der Waals surface area contributed by atoms with Gasteiger partial charge in [0.2, 0.25) is 5.91 Å². The van der Waals surface area contributed by atoms with Crippen molar-refractivity contribution >= 4 is 11.6 Å². The third-order valence-corrected chi connectivity index (χ3v) is 4.97. The first kappa shape index (κ1) is 15.1. The lowest BCUT2D eigenvalue weighted by molar-refractivity contribution is -0.127. The van der Waals surface area contributed by atoms with Crippen molar-refractivity contribution in [3.8, 4) is 11.5 Å². The third kappa shape index (κ3) is 2.76. The number of benzene rings is 1. The Kier molecular flexibility index (Phi) is 3.73. The van der Waals surface area contributed by atoms with Gasteiger partial charge < -0.3 is 14.8 Å². The van der Waals surface area contributed by atoms with Crippen LogP contribution in [0.3, 0.4) is 0 Å². The second-order valence-corrected chi connectivity index (χ2v) is 6.71. The fraction of sp³-hybridized carbons (Fsp3) is 0.368. The van der Waals surface area contributed by atoms with Gasteiger partial charge in [0.05, 0.1) is 17.6 Å². The molecule has 124 valence electrons. The van der Waals surface area contributed by atoms with Gasteiger partial charge in [-0.15, -0.1) is 0 Å². The van der Waals surface area contributed by atoms with Gasteiger partial charge in [0.25, 0.3) is 0 Å². The van der Waals surface area contributed by atoms with E-state index in [0.717, 1.165) is 24.9 Å². The Bertz CT molecular complexity index is 749. The number of ether oxygens (including phenoxy) is 2. The molecule has 0 spiro atoms. The van der Waals surface area contributed by atoms with Gasteiger partial charge in [-0.1, -0.05) is 6.07 Å². The molecule has 1 amide bonds. The number of pyridine rings is 1. The minimum atomic E-state index is -0.440. The number of aromatic nitrogens is 1. The van der Waals surface area contributed by atoms with Crippen LogP contribution in [0, 0.1) is 5.41 Å². The smallest absolute Gasteiger partial charge is 0.233 e. The summed E-state index contributed by atoms with van der Waals surface area (Å²) in [6.45, 7) is 2.00. The van der Waals surface area contributed by atoms with Crippen molar-refractivity contribution < 1.29 is 14.3 Å². The quantitative estimate of drug-likeness (QED) is 0.930. The zero-order valence-corrected chi connectivity index (χ0v) is 13.6. The van der Waals surface area contributed by atoms with Crippen molar-refractivity contribution in [1.82, 2.24) is 4.98 Å². The monoisotopic (exact) mass is 324 g/mol. The van der Waals surface area contributed by atoms with Crippen molar-refractivity contribution in [2.45, 2.75) is 38.4 Å². The molecule has 0 aliphatic carbocycles. The fourth-order valence-corrected chi connectivity index (χ4v) is 3.62. The van der Waals surface area contributed by atoms with E-state index in [2.05, 4.69) is 10.3 Å². The third-order valence-electron chi connectivity index (χ3n) is 4.97. The van der Waals surface area contributed by atoms with E-state index < -0.39 is 5.41 Å². The molecule has 2 aromatic rings. The second-order valence-electron chi connectivity index (χ2n) is 6.71. The molecular weight excluding hydrogens is 304 g/mol. The largest absolute Gasteiger partial charge is 0.457 e. The Morgan fingerprint density at radius 2 is 2.08 bits per heavy atom. The van der Waals surface area contributed by atoms with Crippen molar-refractivity contribution in [3.63, 3.8) is 0 Å². The molecule has 3 atom stereocenters. The lowest BCUT2D eigenvalue weighted by atomic mass is 9.75. The van der Waals surface area contributed by atoms with Gasteiger partial charge in [-0.2, -0.15) is 0 Å². The number of anilines is 1. The van der Waals surface area contributed by atoms with E-state index in [0.29, 0.717) is 11.5 Å². The number of hydrogen-bond donors (Lipinski definition) is 1. The van der Waals surface area contributed by atoms with Crippen LogP contribution in [0.2, 0.25) is 0 Å². The minimum Gasteiger partial charge on any atom is -0.457 e. The summed E-state index contributed by atoms with van der Waals surface area (Å²) in [6.07, 6.45) is 6.48. The standard InChI is InChI=1S/C19H20N2O3/c1-19(12-16-5-6-17(19)24-16)18(22)21-13-3-2-4-15(11-13)23-14-7-9-20-10-8-14/h2-4,7-11,16-17H,5-6,12H2,1H3,(H,21,22). The van der Waals surface area contributed by atoms with Gasteiger partial charge in [-0.25, -0.2) is 0 Å². The molecule has 2 fully saturated rings. The molecule has 0 saturated carbocycles. The number of nitrogens with one attached hydrogen (secondary N) is 1. The Morgan fingerprint density at radius 3 is 2.79 bits per heavy atom. The van der Waals surface area contributed by atoms with Crippen molar-refractivity contribution in [2.75, 3.05) is 5.32 Å². The first-order chi connectivity index (χ1) is 11.6. The average molecular weight is 324 g/mol. The summed E-state index contributed by atoms with van der Waals surface area (Å²) in [5, 5.41) is 3.02. The summed E-state index contributed by atoms with van der Waals surface area (Å²) in [7, 11) is 0. The summed E-state index contributed by atoms with van der Waals surface area (Å²) >= 11 is 0. The fourth-order valence-electron chi connectivity index (χ4n) is 3.62. The topological polar surface area (TPSA) is 60.5 Å². The van der Waals surface area contributed by atoms with Crippen LogP contribution < -0.4 is 10.1 Å². The second kappa shape index (κ2) is 5.91. The molecule has 3 unspecified atom stereocenters. The van der Waals surface area contributed by atoms with Gasteiger partial charge in [-0.3, -0.25) is 9.78 Å². The highest BCUT2D eigenvalue weighted by atomic mass is 16.5. The van der Waals surface area contributed by atoms with Gasteiger partial charge in [0.15, 0.2) is 0 Å².